The number of hydrogen-bond donors (Lipinski definition) is 0. The van der Waals surface area contributed by atoms with Crippen molar-refractivity contribution < 1.29 is 9.53 Å². The molecule has 0 unspecified atom stereocenters. The minimum Gasteiger partial charge on any atom is -0.468 e. The van der Waals surface area contributed by atoms with E-state index < -0.39 is 0 Å². The molecule has 1 saturated heterocycles. The number of piperidine rings is 1. The van der Waals surface area contributed by atoms with Crippen molar-refractivity contribution in [1.82, 2.24) is 4.90 Å². The smallest absolute Gasteiger partial charge is 0.323 e. The van der Waals surface area contributed by atoms with Gasteiger partial charge in [0, 0.05) is 12.6 Å². The van der Waals surface area contributed by atoms with E-state index in [9.17, 15) is 4.79 Å². The third-order valence-electron chi connectivity index (χ3n) is 5.62. The molecule has 22 heavy (non-hydrogen) atoms. The van der Waals surface area contributed by atoms with Crippen LogP contribution in [0.3, 0.4) is 0 Å². The normalized spacial score (nSPS) is 32.7. The summed E-state index contributed by atoms with van der Waals surface area (Å²) in [5, 5.41) is 0. The Kier molecular flexibility index (Phi) is 5.63. The first-order chi connectivity index (χ1) is 10.5. The van der Waals surface area contributed by atoms with Gasteiger partial charge in [-0.05, 0) is 29.7 Å². The maximum atomic E-state index is 12.4. The number of methoxy groups -OCH3 is 1. The van der Waals surface area contributed by atoms with Crippen LogP contribution in [0.4, 0.5) is 0 Å². The molecular weight excluding hydrogens is 274 g/mol. The van der Waals surface area contributed by atoms with Gasteiger partial charge in [0.05, 0.1) is 7.11 Å². The van der Waals surface area contributed by atoms with Crippen molar-refractivity contribution >= 4 is 5.97 Å². The molecule has 2 rings (SSSR count). The van der Waals surface area contributed by atoms with Crippen LogP contribution in [-0.4, -0.2) is 30.1 Å². The summed E-state index contributed by atoms with van der Waals surface area (Å²) in [6.07, 6.45) is 1.05. The van der Waals surface area contributed by atoms with Crippen molar-refractivity contribution in [2.45, 2.75) is 52.7 Å². The van der Waals surface area contributed by atoms with Crippen LogP contribution in [0.1, 0.15) is 39.7 Å². The number of hydrogen-bond acceptors (Lipinski definition) is 3. The molecule has 0 aliphatic carbocycles. The molecule has 0 saturated carbocycles. The summed E-state index contributed by atoms with van der Waals surface area (Å²) >= 11 is 0. The Labute approximate surface area is 134 Å². The Balaban J connectivity index is 2.34. The lowest BCUT2D eigenvalue weighted by Gasteiger charge is -2.50. The van der Waals surface area contributed by atoms with Gasteiger partial charge in [-0.1, -0.05) is 58.0 Å². The van der Waals surface area contributed by atoms with Crippen LogP contribution in [0, 0.1) is 17.8 Å². The Morgan fingerprint density at radius 1 is 1.09 bits per heavy atom. The maximum Gasteiger partial charge on any atom is 0.323 e. The van der Waals surface area contributed by atoms with Gasteiger partial charge in [-0.2, -0.15) is 0 Å². The zero-order valence-electron chi connectivity index (χ0n) is 14.5. The summed E-state index contributed by atoms with van der Waals surface area (Å²) in [6.45, 7) is 9.80. The van der Waals surface area contributed by atoms with Gasteiger partial charge < -0.3 is 4.74 Å². The van der Waals surface area contributed by atoms with E-state index in [1.165, 1.54) is 12.7 Å². The molecule has 1 aliphatic rings. The molecule has 0 radical (unpaired) electrons. The van der Waals surface area contributed by atoms with E-state index >= 15 is 0 Å². The van der Waals surface area contributed by atoms with Crippen LogP contribution in [0.2, 0.25) is 0 Å². The van der Waals surface area contributed by atoms with Gasteiger partial charge in [-0.15, -0.1) is 0 Å². The predicted octanol–water partition coefficient (Wildman–Crippen LogP) is 3.73. The number of carbonyl (C=O) groups excluding carboxylic acids is 1. The van der Waals surface area contributed by atoms with Crippen LogP contribution < -0.4 is 0 Å². The Bertz CT molecular complexity index is 487. The lowest BCUT2D eigenvalue weighted by Crippen LogP contribution is -2.59. The van der Waals surface area contributed by atoms with Crippen LogP contribution >= 0.6 is 0 Å². The van der Waals surface area contributed by atoms with Crippen LogP contribution in [-0.2, 0) is 16.1 Å². The SMILES string of the molecule is CC[C@H]1[C@@H](C)[C@@H](C)[C@@H](C)[C@@H](C(=O)OC)N1Cc1ccccc1. The zero-order valence-corrected chi connectivity index (χ0v) is 14.5. The highest BCUT2D eigenvalue weighted by Crippen LogP contribution is 2.39. The molecular formula is C19H29NO2. The third-order valence-corrected chi connectivity index (χ3v) is 5.62. The number of esters is 1. The molecule has 0 N–H and O–H groups in total. The van der Waals surface area contributed by atoms with E-state index in [1.807, 2.05) is 6.07 Å². The average Bonchev–Trinajstić information content (AvgIpc) is 2.54. The molecule has 0 spiro atoms. The van der Waals surface area contributed by atoms with E-state index in [-0.39, 0.29) is 12.0 Å². The molecule has 0 amide bonds. The molecule has 122 valence electrons. The van der Waals surface area contributed by atoms with Gasteiger partial charge in [0.25, 0.3) is 0 Å². The maximum absolute atomic E-state index is 12.4. The number of rotatable bonds is 4. The quantitative estimate of drug-likeness (QED) is 0.794. The summed E-state index contributed by atoms with van der Waals surface area (Å²) in [5.41, 5.74) is 1.25. The molecule has 1 heterocycles. The fraction of sp³-hybridized carbons (Fsp3) is 0.632. The summed E-state index contributed by atoms with van der Waals surface area (Å²) < 4.78 is 5.12. The molecule has 5 atom stereocenters. The van der Waals surface area contributed by atoms with E-state index in [0.717, 1.165) is 13.0 Å². The second kappa shape index (κ2) is 7.28. The van der Waals surface area contributed by atoms with Crippen LogP contribution in [0.5, 0.6) is 0 Å². The van der Waals surface area contributed by atoms with Gasteiger partial charge in [0.2, 0.25) is 0 Å². The highest BCUT2D eigenvalue weighted by atomic mass is 16.5. The van der Waals surface area contributed by atoms with Gasteiger partial charge in [0.1, 0.15) is 6.04 Å². The fourth-order valence-corrected chi connectivity index (χ4v) is 4.01. The van der Waals surface area contributed by atoms with E-state index in [2.05, 4.69) is 56.9 Å². The molecule has 1 aliphatic heterocycles. The van der Waals surface area contributed by atoms with Crippen molar-refractivity contribution in [2.75, 3.05) is 7.11 Å². The Hall–Kier alpha value is -1.35. The monoisotopic (exact) mass is 303 g/mol. The van der Waals surface area contributed by atoms with Crippen molar-refractivity contribution in [3.8, 4) is 0 Å². The summed E-state index contributed by atoms with van der Waals surface area (Å²) in [6, 6.07) is 10.7. The number of likely N-dealkylation sites (tertiary alicyclic amines) is 1. The van der Waals surface area contributed by atoms with Gasteiger partial charge in [-0.25, -0.2) is 0 Å². The van der Waals surface area contributed by atoms with Crippen molar-refractivity contribution in [3.05, 3.63) is 35.9 Å². The van der Waals surface area contributed by atoms with Crippen molar-refractivity contribution in [3.63, 3.8) is 0 Å². The molecule has 3 heteroatoms. The third kappa shape index (κ3) is 3.19. The van der Waals surface area contributed by atoms with E-state index in [0.29, 0.717) is 23.8 Å². The highest BCUT2D eigenvalue weighted by molar-refractivity contribution is 5.76. The summed E-state index contributed by atoms with van der Waals surface area (Å²) in [7, 11) is 1.50. The number of ether oxygens (including phenoxy) is 1. The molecule has 0 bridgehead atoms. The molecule has 0 aromatic heterocycles. The van der Waals surface area contributed by atoms with Gasteiger partial charge in [0.15, 0.2) is 0 Å². The van der Waals surface area contributed by atoms with E-state index in [1.54, 1.807) is 0 Å². The van der Waals surface area contributed by atoms with Crippen LogP contribution in [0.25, 0.3) is 0 Å². The minimum absolute atomic E-state index is 0.0966. The lowest BCUT2D eigenvalue weighted by molar-refractivity contribution is -0.157. The average molecular weight is 303 g/mol. The zero-order chi connectivity index (χ0) is 16.3. The second-order valence-corrected chi connectivity index (χ2v) is 6.68. The highest BCUT2D eigenvalue weighted by Gasteiger charge is 2.46. The summed E-state index contributed by atoms with van der Waals surface area (Å²) in [5.74, 6) is 1.29. The first-order valence-electron chi connectivity index (χ1n) is 8.38. The second-order valence-electron chi connectivity index (χ2n) is 6.68. The lowest BCUT2D eigenvalue weighted by atomic mass is 9.71. The number of nitrogens with zero attached hydrogens (tertiary/aromatic N) is 1. The first kappa shape index (κ1) is 17.0. The summed E-state index contributed by atoms with van der Waals surface area (Å²) in [4.78, 5) is 14.8. The van der Waals surface area contributed by atoms with E-state index in [4.69, 9.17) is 4.74 Å². The first-order valence-corrected chi connectivity index (χ1v) is 8.38. The number of benzene rings is 1. The fourth-order valence-electron chi connectivity index (χ4n) is 4.01. The Morgan fingerprint density at radius 3 is 2.27 bits per heavy atom. The van der Waals surface area contributed by atoms with Gasteiger partial charge >= 0.3 is 5.97 Å². The largest absolute Gasteiger partial charge is 0.468 e. The topological polar surface area (TPSA) is 29.5 Å². The molecule has 3 nitrogen and oxygen atoms in total. The predicted molar refractivity (Wildman–Crippen MR) is 89.4 cm³/mol. The standard InChI is InChI=1S/C19H29NO2/c1-6-17-14(3)13(2)15(4)18(19(21)22-5)20(17)12-16-10-8-7-9-11-16/h7-11,13-15,17-18H,6,12H2,1-5H3/t13-,14+,15-,17+,18+/m1/s1. The van der Waals surface area contributed by atoms with Crippen molar-refractivity contribution in [1.29, 1.82) is 0 Å². The molecule has 1 aromatic carbocycles. The number of carbonyl (C=O) groups is 1. The Morgan fingerprint density at radius 2 is 1.73 bits per heavy atom. The van der Waals surface area contributed by atoms with Gasteiger partial charge in [-0.3, -0.25) is 9.69 Å². The van der Waals surface area contributed by atoms with Crippen molar-refractivity contribution in [2.24, 2.45) is 17.8 Å². The molecule has 1 aromatic rings. The molecule has 1 fully saturated rings. The minimum atomic E-state index is -0.152. The van der Waals surface area contributed by atoms with Crippen LogP contribution in [0.15, 0.2) is 30.3 Å².